The van der Waals surface area contributed by atoms with Crippen LogP contribution in [0.1, 0.15) is 72.2 Å². The van der Waals surface area contributed by atoms with E-state index < -0.39 is 0 Å². The summed E-state index contributed by atoms with van der Waals surface area (Å²) >= 11 is 0. The van der Waals surface area contributed by atoms with E-state index in [-0.39, 0.29) is 6.23 Å². The van der Waals surface area contributed by atoms with Gasteiger partial charge in [-0.05, 0) is 68.7 Å². The predicted molar refractivity (Wildman–Crippen MR) is 91.7 cm³/mol. The number of fused-ring (bicyclic) bond motifs is 1. The Labute approximate surface area is 143 Å². The number of nitriles is 1. The van der Waals surface area contributed by atoms with Crippen LogP contribution in [-0.2, 0) is 11.2 Å². The maximum atomic E-state index is 9.09. The minimum Gasteiger partial charge on any atom is -0.357 e. The zero-order valence-corrected chi connectivity index (χ0v) is 14.2. The summed E-state index contributed by atoms with van der Waals surface area (Å²) in [6.45, 7) is 2.95. The van der Waals surface area contributed by atoms with Crippen LogP contribution in [0, 0.1) is 18.3 Å². The highest BCUT2D eigenvalue weighted by molar-refractivity contribution is 5.44. The van der Waals surface area contributed by atoms with E-state index in [0.29, 0.717) is 5.92 Å². The molecule has 2 heterocycles. The van der Waals surface area contributed by atoms with Gasteiger partial charge in [-0.2, -0.15) is 10.4 Å². The Bertz CT molecular complexity index is 781. The molecule has 1 fully saturated rings. The number of aryl methyl sites for hydroxylation is 2. The van der Waals surface area contributed by atoms with Gasteiger partial charge in [-0.15, -0.1) is 0 Å². The predicted octanol–water partition coefficient (Wildman–Crippen LogP) is 4.23. The third-order valence-corrected chi connectivity index (χ3v) is 5.35. The number of ether oxygens (including phenoxy) is 1. The molecule has 4 nitrogen and oxygen atoms in total. The highest BCUT2D eigenvalue weighted by Gasteiger charge is 2.28. The van der Waals surface area contributed by atoms with E-state index in [9.17, 15) is 0 Å². The summed E-state index contributed by atoms with van der Waals surface area (Å²) in [5.74, 6) is 0.388. The first kappa shape index (κ1) is 15.4. The van der Waals surface area contributed by atoms with Crippen molar-refractivity contribution >= 4 is 0 Å². The van der Waals surface area contributed by atoms with E-state index in [2.05, 4.69) is 29.9 Å². The van der Waals surface area contributed by atoms with Crippen molar-refractivity contribution in [2.45, 2.75) is 57.6 Å². The number of nitrogens with zero attached hydrogens (tertiary/aromatic N) is 3. The molecule has 1 aromatic carbocycles. The summed E-state index contributed by atoms with van der Waals surface area (Å²) in [4.78, 5) is 0. The molecule has 2 atom stereocenters. The van der Waals surface area contributed by atoms with Gasteiger partial charge in [-0.3, -0.25) is 0 Å². The van der Waals surface area contributed by atoms with Crippen LogP contribution in [0.2, 0.25) is 0 Å². The highest BCUT2D eigenvalue weighted by atomic mass is 16.5. The molecule has 1 aliphatic heterocycles. The molecule has 24 heavy (non-hydrogen) atoms. The molecular formula is C20H23N3O. The normalized spacial score (nSPS) is 23.5. The summed E-state index contributed by atoms with van der Waals surface area (Å²) in [5, 5.41) is 13.9. The molecule has 1 aromatic heterocycles. The number of benzene rings is 1. The Balaban J connectivity index is 1.68. The Morgan fingerprint density at radius 1 is 1.21 bits per heavy atom. The molecule has 2 unspecified atom stereocenters. The molecule has 4 heteroatoms. The lowest BCUT2D eigenvalue weighted by molar-refractivity contribution is -0.0397. The third kappa shape index (κ3) is 2.74. The monoisotopic (exact) mass is 321 g/mol. The van der Waals surface area contributed by atoms with Crippen molar-refractivity contribution in [2.75, 3.05) is 6.61 Å². The van der Waals surface area contributed by atoms with Gasteiger partial charge in [0, 0.05) is 24.3 Å². The van der Waals surface area contributed by atoms with Crippen molar-refractivity contribution < 1.29 is 4.74 Å². The standard InChI is InChI=1S/C20H23N3O/c1-14-11-15(12-21)8-9-16(14)17-5-4-6-19-18(17)13-23(22-19)20-7-2-3-10-24-20/h8-9,11,13,17,20H,2-7,10H2,1H3. The number of rotatable bonds is 2. The quantitative estimate of drug-likeness (QED) is 0.831. The second kappa shape index (κ2) is 6.41. The largest absolute Gasteiger partial charge is 0.357 e. The zero-order valence-electron chi connectivity index (χ0n) is 14.2. The lowest BCUT2D eigenvalue weighted by Gasteiger charge is -2.23. The number of hydrogen-bond donors (Lipinski definition) is 0. The zero-order chi connectivity index (χ0) is 16.5. The lowest BCUT2D eigenvalue weighted by Crippen LogP contribution is -2.18. The second-order valence-electron chi connectivity index (χ2n) is 6.96. The van der Waals surface area contributed by atoms with Gasteiger partial charge in [-0.25, -0.2) is 4.68 Å². The molecule has 1 aliphatic carbocycles. The Kier molecular flexibility index (Phi) is 4.12. The average molecular weight is 321 g/mol. The molecule has 124 valence electrons. The fraction of sp³-hybridized carbons (Fsp3) is 0.500. The third-order valence-electron chi connectivity index (χ3n) is 5.35. The van der Waals surface area contributed by atoms with Crippen LogP contribution >= 0.6 is 0 Å². The van der Waals surface area contributed by atoms with Gasteiger partial charge in [0.2, 0.25) is 0 Å². The van der Waals surface area contributed by atoms with E-state index in [1.807, 2.05) is 12.1 Å². The van der Waals surface area contributed by atoms with Gasteiger partial charge in [-0.1, -0.05) is 6.07 Å². The van der Waals surface area contributed by atoms with E-state index in [1.54, 1.807) is 0 Å². The SMILES string of the molecule is Cc1cc(C#N)ccc1C1CCCc2nn(C3CCCCO3)cc21. The Hall–Kier alpha value is -2.12. The van der Waals surface area contributed by atoms with E-state index in [0.717, 1.165) is 37.9 Å². The molecule has 4 rings (SSSR count). The van der Waals surface area contributed by atoms with Crippen LogP contribution in [0.25, 0.3) is 0 Å². The van der Waals surface area contributed by atoms with Crippen molar-refractivity contribution in [1.29, 1.82) is 5.26 Å². The molecule has 1 saturated heterocycles. The number of aromatic nitrogens is 2. The summed E-state index contributed by atoms with van der Waals surface area (Å²) in [6, 6.07) is 8.29. The first-order valence-electron chi connectivity index (χ1n) is 8.96. The smallest absolute Gasteiger partial charge is 0.150 e. The lowest BCUT2D eigenvalue weighted by atomic mass is 9.80. The first-order chi connectivity index (χ1) is 11.8. The summed E-state index contributed by atoms with van der Waals surface area (Å²) in [5.41, 5.74) is 5.85. The van der Waals surface area contributed by atoms with Gasteiger partial charge in [0.25, 0.3) is 0 Å². The topological polar surface area (TPSA) is 50.8 Å². The molecule has 0 spiro atoms. The van der Waals surface area contributed by atoms with Crippen molar-refractivity contribution in [3.8, 4) is 6.07 Å². The van der Waals surface area contributed by atoms with Gasteiger partial charge < -0.3 is 4.74 Å². The van der Waals surface area contributed by atoms with Gasteiger partial charge >= 0.3 is 0 Å². The fourth-order valence-corrected chi connectivity index (χ4v) is 4.10. The van der Waals surface area contributed by atoms with Crippen LogP contribution < -0.4 is 0 Å². The van der Waals surface area contributed by atoms with Crippen molar-refractivity contribution in [3.63, 3.8) is 0 Å². The van der Waals surface area contributed by atoms with Crippen LogP contribution in [0.5, 0.6) is 0 Å². The molecule has 0 bridgehead atoms. The van der Waals surface area contributed by atoms with Crippen molar-refractivity contribution in [1.82, 2.24) is 9.78 Å². The first-order valence-corrected chi connectivity index (χ1v) is 8.96. The molecule has 0 N–H and O–H groups in total. The van der Waals surface area contributed by atoms with Crippen LogP contribution in [0.4, 0.5) is 0 Å². The van der Waals surface area contributed by atoms with Gasteiger partial charge in [0.05, 0.1) is 17.3 Å². The van der Waals surface area contributed by atoms with Crippen molar-refractivity contribution in [2.24, 2.45) is 0 Å². The molecule has 0 radical (unpaired) electrons. The van der Waals surface area contributed by atoms with Gasteiger partial charge in [0.15, 0.2) is 0 Å². The molecule has 0 amide bonds. The van der Waals surface area contributed by atoms with E-state index in [4.69, 9.17) is 15.1 Å². The molecular weight excluding hydrogens is 298 g/mol. The minimum absolute atomic E-state index is 0.104. The van der Waals surface area contributed by atoms with Crippen molar-refractivity contribution in [3.05, 3.63) is 52.3 Å². The van der Waals surface area contributed by atoms with E-state index in [1.165, 1.54) is 35.2 Å². The van der Waals surface area contributed by atoms with Crippen LogP contribution in [0.3, 0.4) is 0 Å². The summed E-state index contributed by atoms with van der Waals surface area (Å²) < 4.78 is 7.96. The van der Waals surface area contributed by atoms with E-state index >= 15 is 0 Å². The minimum atomic E-state index is 0.104. The Morgan fingerprint density at radius 2 is 2.12 bits per heavy atom. The second-order valence-corrected chi connectivity index (χ2v) is 6.96. The maximum Gasteiger partial charge on any atom is 0.150 e. The molecule has 0 saturated carbocycles. The summed E-state index contributed by atoms with van der Waals surface area (Å²) in [6.07, 6.45) is 9.12. The number of hydrogen-bond acceptors (Lipinski definition) is 3. The van der Waals surface area contributed by atoms with Gasteiger partial charge in [0.1, 0.15) is 6.23 Å². The molecule has 2 aliphatic rings. The average Bonchev–Trinajstić information content (AvgIpc) is 3.07. The van der Waals surface area contributed by atoms with Crippen LogP contribution in [0.15, 0.2) is 24.4 Å². The van der Waals surface area contributed by atoms with Crippen LogP contribution in [-0.4, -0.2) is 16.4 Å². The maximum absolute atomic E-state index is 9.09. The summed E-state index contributed by atoms with van der Waals surface area (Å²) in [7, 11) is 0. The molecule has 2 aromatic rings. The highest BCUT2D eigenvalue weighted by Crippen LogP contribution is 2.38. The fourth-order valence-electron chi connectivity index (χ4n) is 4.10. The Morgan fingerprint density at radius 3 is 2.88 bits per heavy atom.